The number of aromatic nitrogens is 2. The Hall–Kier alpha value is -1.61. The van der Waals surface area contributed by atoms with Crippen LogP contribution < -0.4 is 5.73 Å². The molecule has 0 saturated carbocycles. The van der Waals surface area contributed by atoms with E-state index in [1.54, 1.807) is 0 Å². The lowest BCUT2D eigenvalue weighted by molar-refractivity contribution is 0.480. The molecule has 18 heavy (non-hydrogen) atoms. The third-order valence-electron chi connectivity index (χ3n) is 3.89. The standard InChI is InChI=1S/C15H19N3/c1-2-18-10-11(9-17-18)7-15(16)14-8-12-5-3-4-6-13(12)14/h3-6,9-10,14-15H,2,7-8,16H2,1H3. The van der Waals surface area contributed by atoms with Crippen molar-refractivity contribution < 1.29 is 0 Å². The zero-order valence-electron chi connectivity index (χ0n) is 10.7. The van der Waals surface area contributed by atoms with E-state index in [0.717, 1.165) is 19.4 Å². The van der Waals surface area contributed by atoms with Gasteiger partial charge >= 0.3 is 0 Å². The lowest BCUT2D eigenvalue weighted by Gasteiger charge is -2.34. The van der Waals surface area contributed by atoms with E-state index < -0.39 is 0 Å². The van der Waals surface area contributed by atoms with Crippen LogP contribution in [0.4, 0.5) is 0 Å². The smallest absolute Gasteiger partial charge is 0.0522 e. The van der Waals surface area contributed by atoms with Crippen LogP contribution >= 0.6 is 0 Å². The highest BCUT2D eigenvalue weighted by Crippen LogP contribution is 2.37. The molecule has 0 amide bonds. The van der Waals surface area contributed by atoms with Crippen molar-refractivity contribution in [3.05, 3.63) is 53.3 Å². The van der Waals surface area contributed by atoms with E-state index >= 15 is 0 Å². The van der Waals surface area contributed by atoms with Gasteiger partial charge in [0.15, 0.2) is 0 Å². The van der Waals surface area contributed by atoms with Gasteiger partial charge in [-0.3, -0.25) is 4.68 Å². The van der Waals surface area contributed by atoms with Crippen LogP contribution in [0.25, 0.3) is 0 Å². The first-order valence-corrected chi connectivity index (χ1v) is 6.62. The highest BCUT2D eigenvalue weighted by atomic mass is 15.3. The Balaban J connectivity index is 1.68. The molecule has 2 atom stereocenters. The molecule has 1 aromatic carbocycles. The summed E-state index contributed by atoms with van der Waals surface area (Å²) in [5.41, 5.74) is 10.5. The molecule has 0 aliphatic heterocycles. The molecular formula is C15H19N3. The van der Waals surface area contributed by atoms with E-state index in [9.17, 15) is 0 Å². The summed E-state index contributed by atoms with van der Waals surface area (Å²) in [6.07, 6.45) is 6.08. The minimum Gasteiger partial charge on any atom is -0.327 e. The number of hydrogen-bond donors (Lipinski definition) is 1. The van der Waals surface area contributed by atoms with Crippen LogP contribution in [-0.2, 0) is 19.4 Å². The van der Waals surface area contributed by atoms with E-state index in [1.807, 2.05) is 10.9 Å². The Kier molecular flexibility index (Phi) is 2.92. The number of nitrogens with two attached hydrogens (primary N) is 1. The lowest BCUT2D eigenvalue weighted by Crippen LogP contribution is -2.37. The molecule has 1 aliphatic rings. The maximum absolute atomic E-state index is 6.34. The summed E-state index contributed by atoms with van der Waals surface area (Å²) in [5.74, 6) is 0.520. The summed E-state index contributed by atoms with van der Waals surface area (Å²) in [5, 5.41) is 4.30. The van der Waals surface area contributed by atoms with Gasteiger partial charge in [-0.25, -0.2) is 0 Å². The molecule has 3 rings (SSSR count). The maximum atomic E-state index is 6.34. The minimum atomic E-state index is 0.203. The van der Waals surface area contributed by atoms with Gasteiger partial charge < -0.3 is 5.73 Å². The number of rotatable bonds is 4. The summed E-state index contributed by atoms with van der Waals surface area (Å²) in [7, 11) is 0. The molecule has 2 unspecified atom stereocenters. The van der Waals surface area contributed by atoms with E-state index in [1.165, 1.54) is 16.7 Å². The van der Waals surface area contributed by atoms with Gasteiger partial charge in [-0.15, -0.1) is 0 Å². The Labute approximate surface area is 108 Å². The quantitative estimate of drug-likeness (QED) is 0.891. The third kappa shape index (κ3) is 1.95. The maximum Gasteiger partial charge on any atom is 0.0522 e. The summed E-state index contributed by atoms with van der Waals surface area (Å²) < 4.78 is 1.96. The molecule has 1 heterocycles. The molecule has 3 nitrogen and oxygen atoms in total. The second-order valence-electron chi connectivity index (χ2n) is 5.08. The average molecular weight is 241 g/mol. The highest BCUT2D eigenvalue weighted by molar-refractivity contribution is 5.41. The zero-order valence-corrected chi connectivity index (χ0v) is 10.7. The molecule has 2 N–H and O–H groups in total. The van der Waals surface area contributed by atoms with E-state index in [2.05, 4.69) is 42.5 Å². The Morgan fingerprint density at radius 2 is 2.28 bits per heavy atom. The van der Waals surface area contributed by atoms with Crippen LogP contribution in [0.5, 0.6) is 0 Å². The monoisotopic (exact) mass is 241 g/mol. The van der Waals surface area contributed by atoms with Crippen molar-refractivity contribution >= 4 is 0 Å². The zero-order chi connectivity index (χ0) is 12.5. The predicted molar refractivity (Wildman–Crippen MR) is 72.5 cm³/mol. The fourth-order valence-electron chi connectivity index (χ4n) is 2.78. The van der Waals surface area contributed by atoms with E-state index in [0.29, 0.717) is 5.92 Å². The van der Waals surface area contributed by atoms with Crippen molar-refractivity contribution in [2.24, 2.45) is 5.73 Å². The highest BCUT2D eigenvalue weighted by Gasteiger charge is 2.30. The molecule has 1 aromatic heterocycles. The van der Waals surface area contributed by atoms with Crippen LogP contribution in [0.1, 0.15) is 29.5 Å². The predicted octanol–water partition coefficient (Wildman–Crippen LogP) is 2.11. The second-order valence-corrected chi connectivity index (χ2v) is 5.08. The molecular weight excluding hydrogens is 222 g/mol. The summed E-state index contributed by atoms with van der Waals surface area (Å²) >= 11 is 0. The second kappa shape index (κ2) is 4.58. The number of fused-ring (bicyclic) bond motifs is 1. The molecule has 0 bridgehead atoms. The Morgan fingerprint density at radius 3 is 3.00 bits per heavy atom. The fourth-order valence-corrected chi connectivity index (χ4v) is 2.78. The minimum absolute atomic E-state index is 0.203. The molecule has 0 fully saturated rings. The van der Waals surface area contributed by atoms with Gasteiger partial charge in [0, 0.05) is 24.7 Å². The molecule has 3 heteroatoms. The third-order valence-corrected chi connectivity index (χ3v) is 3.89. The van der Waals surface area contributed by atoms with Crippen LogP contribution in [0.3, 0.4) is 0 Å². The van der Waals surface area contributed by atoms with Crippen molar-refractivity contribution in [2.45, 2.75) is 38.3 Å². The topological polar surface area (TPSA) is 43.8 Å². The van der Waals surface area contributed by atoms with Gasteiger partial charge in [0.25, 0.3) is 0 Å². The van der Waals surface area contributed by atoms with Gasteiger partial charge in [0.05, 0.1) is 6.20 Å². The Bertz CT molecular complexity index is 544. The number of hydrogen-bond acceptors (Lipinski definition) is 2. The van der Waals surface area contributed by atoms with Crippen molar-refractivity contribution in [1.82, 2.24) is 9.78 Å². The molecule has 2 aromatic rings. The molecule has 0 spiro atoms. The van der Waals surface area contributed by atoms with Crippen molar-refractivity contribution in [2.75, 3.05) is 0 Å². The first kappa shape index (κ1) is 11.5. The summed E-state index contributed by atoms with van der Waals surface area (Å²) in [4.78, 5) is 0. The van der Waals surface area contributed by atoms with Crippen LogP contribution in [-0.4, -0.2) is 15.8 Å². The molecule has 0 saturated heterocycles. The first-order chi connectivity index (χ1) is 8.78. The number of aryl methyl sites for hydroxylation is 1. The SMILES string of the molecule is CCn1cc(CC(N)C2Cc3ccccc32)cn1. The van der Waals surface area contributed by atoms with Crippen LogP contribution in [0.15, 0.2) is 36.7 Å². The van der Waals surface area contributed by atoms with Crippen molar-refractivity contribution in [3.8, 4) is 0 Å². The fraction of sp³-hybridized carbons (Fsp3) is 0.400. The van der Waals surface area contributed by atoms with Gasteiger partial charge in [-0.2, -0.15) is 5.10 Å². The van der Waals surface area contributed by atoms with E-state index in [-0.39, 0.29) is 6.04 Å². The van der Waals surface area contributed by atoms with Gasteiger partial charge in [-0.1, -0.05) is 24.3 Å². The largest absolute Gasteiger partial charge is 0.327 e. The van der Waals surface area contributed by atoms with E-state index in [4.69, 9.17) is 5.73 Å². The number of benzene rings is 1. The molecule has 0 radical (unpaired) electrons. The van der Waals surface area contributed by atoms with Crippen molar-refractivity contribution in [3.63, 3.8) is 0 Å². The molecule has 94 valence electrons. The summed E-state index contributed by atoms with van der Waals surface area (Å²) in [6, 6.07) is 8.82. The van der Waals surface area contributed by atoms with Gasteiger partial charge in [0.2, 0.25) is 0 Å². The molecule has 1 aliphatic carbocycles. The average Bonchev–Trinajstić information content (AvgIpc) is 2.78. The lowest BCUT2D eigenvalue weighted by atomic mass is 9.72. The first-order valence-electron chi connectivity index (χ1n) is 6.62. The van der Waals surface area contributed by atoms with Crippen LogP contribution in [0.2, 0.25) is 0 Å². The van der Waals surface area contributed by atoms with Crippen molar-refractivity contribution in [1.29, 1.82) is 0 Å². The van der Waals surface area contributed by atoms with Gasteiger partial charge in [-0.05, 0) is 36.5 Å². The normalized spacial score (nSPS) is 19.1. The summed E-state index contributed by atoms with van der Waals surface area (Å²) in [6.45, 7) is 3.01. The van der Waals surface area contributed by atoms with Gasteiger partial charge in [0.1, 0.15) is 0 Å². The van der Waals surface area contributed by atoms with Crippen LogP contribution in [0, 0.1) is 0 Å². The number of nitrogens with zero attached hydrogens (tertiary/aromatic N) is 2. The Morgan fingerprint density at radius 1 is 1.44 bits per heavy atom.